The third kappa shape index (κ3) is 2.03. The van der Waals surface area contributed by atoms with Gasteiger partial charge in [0.15, 0.2) is 0 Å². The molecule has 0 heterocycles. The highest BCUT2D eigenvalue weighted by Gasteiger charge is 2.36. The van der Waals surface area contributed by atoms with Crippen LogP contribution < -0.4 is 0 Å². The van der Waals surface area contributed by atoms with E-state index in [1.807, 2.05) is 0 Å². The monoisotopic (exact) mass is 152 g/mol. The van der Waals surface area contributed by atoms with E-state index < -0.39 is 8.80 Å². The Morgan fingerprint density at radius 2 is 1.44 bits per heavy atom. The Hall–Kier alpha value is 0.0569. The van der Waals surface area contributed by atoms with Gasteiger partial charge in [0.2, 0.25) is 0 Å². The van der Waals surface area contributed by atoms with Crippen LogP contribution in [0.3, 0.4) is 0 Å². The topological polar surface area (TPSA) is 47.9 Å². The molecule has 0 aromatic rings. The molecule has 0 bridgehead atoms. The number of hydrogen-bond donors (Lipinski definition) is 1. The fraction of sp³-hybridized carbons (Fsp3) is 1.00. The van der Waals surface area contributed by atoms with Crippen LogP contribution in [0.5, 0.6) is 0 Å². The average molecular weight is 152 g/mol. The molecule has 0 fully saturated rings. The standard InChI is InChI=1S/C4H12O4Si/c1-6-9(4-5,7-2)8-3/h5H,4H2,1-3H3. The van der Waals surface area contributed by atoms with Crippen molar-refractivity contribution in [2.75, 3.05) is 27.6 Å². The first kappa shape index (κ1) is 9.06. The van der Waals surface area contributed by atoms with Crippen molar-refractivity contribution < 1.29 is 18.4 Å². The van der Waals surface area contributed by atoms with Crippen LogP contribution in [0.15, 0.2) is 0 Å². The van der Waals surface area contributed by atoms with E-state index in [1.54, 1.807) is 0 Å². The molecule has 5 heteroatoms. The van der Waals surface area contributed by atoms with Gasteiger partial charge >= 0.3 is 8.80 Å². The summed E-state index contributed by atoms with van der Waals surface area (Å²) < 4.78 is 14.5. The first-order chi connectivity index (χ1) is 4.24. The fourth-order valence-corrected chi connectivity index (χ4v) is 1.33. The summed E-state index contributed by atoms with van der Waals surface area (Å²) in [5.74, 6) is 0. The van der Waals surface area contributed by atoms with Gasteiger partial charge in [-0.05, 0) is 0 Å². The second kappa shape index (κ2) is 3.97. The van der Waals surface area contributed by atoms with Gasteiger partial charge in [-0.3, -0.25) is 0 Å². The van der Waals surface area contributed by atoms with Gasteiger partial charge in [0.05, 0.1) is 0 Å². The predicted octanol–water partition coefficient (Wildman–Crippen LogP) is -0.604. The molecule has 0 aliphatic rings. The molecular formula is C4H12O4Si. The number of rotatable bonds is 4. The Kier molecular flexibility index (Phi) is 3.99. The van der Waals surface area contributed by atoms with Gasteiger partial charge in [-0.2, -0.15) is 0 Å². The molecule has 0 atom stereocenters. The molecule has 56 valence electrons. The van der Waals surface area contributed by atoms with Crippen molar-refractivity contribution >= 4 is 8.80 Å². The van der Waals surface area contributed by atoms with E-state index in [0.29, 0.717) is 0 Å². The van der Waals surface area contributed by atoms with Crippen LogP contribution >= 0.6 is 0 Å². The largest absolute Gasteiger partial charge is 0.527 e. The van der Waals surface area contributed by atoms with Crippen molar-refractivity contribution in [1.82, 2.24) is 0 Å². The summed E-state index contributed by atoms with van der Waals surface area (Å²) in [5.41, 5.74) is 0. The zero-order chi connectivity index (χ0) is 7.33. The highest BCUT2D eigenvalue weighted by Crippen LogP contribution is 2.02. The summed E-state index contributed by atoms with van der Waals surface area (Å²) >= 11 is 0. The summed E-state index contributed by atoms with van der Waals surface area (Å²) in [5, 5.41) is 8.66. The van der Waals surface area contributed by atoms with Crippen molar-refractivity contribution in [3.05, 3.63) is 0 Å². The molecule has 0 aromatic carbocycles. The minimum atomic E-state index is -2.64. The van der Waals surface area contributed by atoms with Gasteiger partial charge in [-0.25, -0.2) is 0 Å². The molecule has 0 aliphatic heterocycles. The van der Waals surface area contributed by atoms with Crippen molar-refractivity contribution in [2.24, 2.45) is 0 Å². The van der Waals surface area contributed by atoms with Crippen LogP contribution in [0.4, 0.5) is 0 Å². The SMILES string of the molecule is CO[Si](CO)(OC)OC. The molecular weight excluding hydrogens is 140 g/mol. The molecule has 4 nitrogen and oxygen atoms in total. The predicted molar refractivity (Wildman–Crippen MR) is 33.9 cm³/mol. The maximum atomic E-state index is 8.66. The van der Waals surface area contributed by atoms with Gasteiger partial charge in [0.1, 0.15) is 6.23 Å². The Labute approximate surface area is 55.7 Å². The van der Waals surface area contributed by atoms with Crippen molar-refractivity contribution in [1.29, 1.82) is 0 Å². The Morgan fingerprint density at radius 3 is 1.44 bits per heavy atom. The van der Waals surface area contributed by atoms with Gasteiger partial charge in [0, 0.05) is 21.3 Å². The van der Waals surface area contributed by atoms with Gasteiger partial charge in [-0.15, -0.1) is 0 Å². The smallest absolute Gasteiger partial charge is 0.392 e. The van der Waals surface area contributed by atoms with Crippen LogP contribution in [0.2, 0.25) is 0 Å². The third-order valence-electron chi connectivity index (χ3n) is 1.13. The molecule has 9 heavy (non-hydrogen) atoms. The lowest BCUT2D eigenvalue weighted by Gasteiger charge is -2.21. The second-order valence-corrected chi connectivity index (χ2v) is 4.36. The Bertz CT molecular complexity index is 55.5. The maximum absolute atomic E-state index is 8.66. The van der Waals surface area contributed by atoms with Gasteiger partial charge in [0.25, 0.3) is 0 Å². The molecule has 0 amide bonds. The number of aliphatic hydroxyl groups excluding tert-OH is 1. The molecule has 0 spiro atoms. The second-order valence-electron chi connectivity index (χ2n) is 1.45. The third-order valence-corrected chi connectivity index (χ3v) is 3.38. The minimum absolute atomic E-state index is 0.184. The number of aliphatic hydroxyl groups is 1. The first-order valence-corrected chi connectivity index (χ1v) is 4.44. The summed E-state index contributed by atoms with van der Waals surface area (Å²) in [6.07, 6.45) is -0.184. The summed E-state index contributed by atoms with van der Waals surface area (Å²) in [4.78, 5) is 0. The van der Waals surface area contributed by atoms with Crippen molar-refractivity contribution in [3.63, 3.8) is 0 Å². The summed E-state index contributed by atoms with van der Waals surface area (Å²) in [7, 11) is 1.73. The van der Waals surface area contributed by atoms with Gasteiger partial charge < -0.3 is 18.4 Å². The molecule has 0 aliphatic carbocycles. The maximum Gasteiger partial charge on any atom is 0.527 e. The minimum Gasteiger partial charge on any atom is -0.392 e. The van der Waals surface area contributed by atoms with Gasteiger partial charge in [-0.1, -0.05) is 0 Å². The molecule has 0 saturated heterocycles. The first-order valence-electron chi connectivity index (χ1n) is 2.51. The molecule has 0 aromatic heterocycles. The Morgan fingerprint density at radius 1 is 1.11 bits per heavy atom. The van der Waals surface area contributed by atoms with E-state index in [2.05, 4.69) is 0 Å². The lowest BCUT2D eigenvalue weighted by Crippen LogP contribution is -2.47. The zero-order valence-electron chi connectivity index (χ0n) is 5.88. The molecule has 1 N–H and O–H groups in total. The van der Waals surface area contributed by atoms with Crippen LogP contribution in [-0.2, 0) is 13.3 Å². The van der Waals surface area contributed by atoms with Crippen LogP contribution in [0.1, 0.15) is 0 Å². The lowest BCUT2D eigenvalue weighted by molar-refractivity contribution is 0.0953. The highest BCUT2D eigenvalue weighted by atomic mass is 28.4. The number of hydrogen-bond acceptors (Lipinski definition) is 4. The highest BCUT2D eigenvalue weighted by molar-refractivity contribution is 6.60. The van der Waals surface area contributed by atoms with Crippen molar-refractivity contribution in [3.8, 4) is 0 Å². The normalized spacial score (nSPS) is 12.0. The van der Waals surface area contributed by atoms with E-state index in [-0.39, 0.29) is 6.23 Å². The average Bonchev–Trinajstić information content (AvgIpc) is 1.95. The van der Waals surface area contributed by atoms with Crippen molar-refractivity contribution in [2.45, 2.75) is 0 Å². The zero-order valence-corrected chi connectivity index (χ0v) is 6.88. The molecule has 0 rings (SSSR count). The molecule has 0 unspecified atom stereocenters. The molecule has 0 saturated carbocycles. The van der Waals surface area contributed by atoms with Crippen LogP contribution in [0, 0.1) is 0 Å². The van der Waals surface area contributed by atoms with E-state index in [1.165, 1.54) is 21.3 Å². The lowest BCUT2D eigenvalue weighted by atomic mass is 11.7. The van der Waals surface area contributed by atoms with E-state index in [9.17, 15) is 0 Å². The quantitative estimate of drug-likeness (QED) is 0.546. The van der Waals surface area contributed by atoms with Crippen LogP contribution in [0.25, 0.3) is 0 Å². The Balaban J connectivity index is 3.82. The summed E-state index contributed by atoms with van der Waals surface area (Å²) in [6.45, 7) is 0. The van der Waals surface area contributed by atoms with E-state index in [4.69, 9.17) is 18.4 Å². The fourth-order valence-electron chi connectivity index (χ4n) is 0.444. The summed E-state index contributed by atoms with van der Waals surface area (Å²) in [6, 6.07) is 0. The van der Waals surface area contributed by atoms with Crippen LogP contribution in [-0.4, -0.2) is 41.5 Å². The van der Waals surface area contributed by atoms with E-state index >= 15 is 0 Å². The van der Waals surface area contributed by atoms with E-state index in [0.717, 1.165) is 0 Å². The molecule has 0 radical (unpaired) electrons.